The van der Waals surface area contributed by atoms with Crippen LogP contribution in [0.15, 0.2) is 40.1 Å². The van der Waals surface area contributed by atoms with E-state index in [-0.39, 0.29) is 6.61 Å². The minimum Gasteiger partial charge on any atom is -0.485 e. The average Bonchev–Trinajstić information content (AvgIpc) is 2.89. The summed E-state index contributed by atoms with van der Waals surface area (Å²) < 4.78 is 8.80. The molecule has 0 amide bonds. The SMILES string of the molecule is Cc1nc2c(OCc3c(Cl)ccc(N=CN(C)C)c3Cl)cccn2c1Br. The third-order valence-corrected chi connectivity index (χ3v) is 5.41. The number of aromatic nitrogens is 2. The van der Waals surface area contributed by atoms with E-state index in [1.807, 2.05) is 48.6 Å². The molecule has 0 N–H and O–H groups in total. The second kappa shape index (κ2) is 7.86. The molecule has 136 valence electrons. The molecule has 5 nitrogen and oxygen atoms in total. The Hall–Kier alpha value is -1.76. The number of pyridine rings is 1. The van der Waals surface area contributed by atoms with Crippen molar-refractivity contribution < 1.29 is 4.74 Å². The van der Waals surface area contributed by atoms with E-state index >= 15 is 0 Å². The van der Waals surface area contributed by atoms with E-state index in [0.717, 1.165) is 15.9 Å². The molecule has 0 unspecified atom stereocenters. The number of hydrogen-bond acceptors (Lipinski definition) is 3. The van der Waals surface area contributed by atoms with Crippen LogP contribution in [0.5, 0.6) is 5.75 Å². The summed E-state index contributed by atoms with van der Waals surface area (Å²) in [6.45, 7) is 2.15. The third kappa shape index (κ3) is 3.82. The van der Waals surface area contributed by atoms with Gasteiger partial charge in [0.25, 0.3) is 0 Å². The molecule has 0 saturated carbocycles. The highest BCUT2D eigenvalue weighted by atomic mass is 79.9. The molecule has 0 saturated heterocycles. The fraction of sp³-hybridized carbons (Fsp3) is 0.222. The number of rotatable bonds is 5. The molecular formula is C18H17BrCl2N4O. The van der Waals surface area contributed by atoms with E-state index in [1.54, 1.807) is 18.5 Å². The van der Waals surface area contributed by atoms with Crippen molar-refractivity contribution in [3.63, 3.8) is 0 Å². The van der Waals surface area contributed by atoms with Gasteiger partial charge in [0, 0.05) is 30.9 Å². The lowest BCUT2D eigenvalue weighted by atomic mass is 10.2. The normalized spacial score (nSPS) is 11.5. The lowest BCUT2D eigenvalue weighted by molar-refractivity contribution is 0.308. The molecule has 3 rings (SSSR count). The standard InChI is InChI=1S/C18H17BrCl2N4O/c1-11-17(19)25-8-4-5-15(18(25)23-11)26-9-12-13(20)6-7-14(16(12)21)22-10-24(2)3/h4-8,10H,9H2,1-3H3. The maximum atomic E-state index is 6.49. The minimum atomic E-state index is 0.214. The number of aryl methyl sites for hydroxylation is 1. The average molecular weight is 456 g/mol. The third-order valence-electron chi connectivity index (χ3n) is 3.68. The highest BCUT2D eigenvalue weighted by Crippen LogP contribution is 2.35. The minimum absolute atomic E-state index is 0.214. The van der Waals surface area contributed by atoms with Gasteiger partial charge in [-0.2, -0.15) is 0 Å². The van der Waals surface area contributed by atoms with Crippen LogP contribution in [-0.4, -0.2) is 34.7 Å². The first-order valence-corrected chi connectivity index (χ1v) is 9.37. The quantitative estimate of drug-likeness (QED) is 0.376. The monoisotopic (exact) mass is 454 g/mol. The zero-order valence-electron chi connectivity index (χ0n) is 14.5. The summed E-state index contributed by atoms with van der Waals surface area (Å²) in [7, 11) is 3.78. The van der Waals surface area contributed by atoms with E-state index in [2.05, 4.69) is 25.9 Å². The van der Waals surface area contributed by atoms with Gasteiger partial charge in [-0.15, -0.1) is 0 Å². The van der Waals surface area contributed by atoms with Crippen LogP contribution in [0.2, 0.25) is 10.0 Å². The van der Waals surface area contributed by atoms with Gasteiger partial charge in [-0.25, -0.2) is 9.98 Å². The molecule has 2 aromatic heterocycles. The van der Waals surface area contributed by atoms with Crippen molar-refractivity contribution in [1.82, 2.24) is 14.3 Å². The van der Waals surface area contributed by atoms with Crippen LogP contribution in [0.1, 0.15) is 11.3 Å². The molecule has 0 atom stereocenters. The van der Waals surface area contributed by atoms with Gasteiger partial charge in [0.2, 0.25) is 0 Å². The van der Waals surface area contributed by atoms with Crippen LogP contribution < -0.4 is 4.74 Å². The maximum absolute atomic E-state index is 6.49. The molecule has 3 aromatic rings. The number of hydrogen-bond donors (Lipinski definition) is 0. The molecule has 0 fully saturated rings. The zero-order chi connectivity index (χ0) is 18.8. The van der Waals surface area contributed by atoms with Gasteiger partial charge in [-0.05, 0) is 47.1 Å². The molecule has 0 radical (unpaired) electrons. The molecule has 0 aliphatic heterocycles. The summed E-state index contributed by atoms with van der Waals surface area (Å²) in [6.07, 6.45) is 3.61. The van der Waals surface area contributed by atoms with Crippen LogP contribution in [0.25, 0.3) is 5.65 Å². The van der Waals surface area contributed by atoms with Gasteiger partial charge in [0.15, 0.2) is 11.4 Å². The fourth-order valence-corrected chi connectivity index (χ4v) is 3.29. The van der Waals surface area contributed by atoms with Crippen molar-refractivity contribution in [2.75, 3.05) is 14.1 Å². The molecular weight excluding hydrogens is 439 g/mol. The number of aliphatic imine (C=N–C) groups is 1. The number of benzene rings is 1. The second-order valence-electron chi connectivity index (χ2n) is 5.91. The van der Waals surface area contributed by atoms with Gasteiger partial charge in [-0.1, -0.05) is 23.2 Å². The lowest BCUT2D eigenvalue weighted by Gasteiger charge is -2.12. The van der Waals surface area contributed by atoms with Crippen molar-refractivity contribution >= 4 is 56.8 Å². The maximum Gasteiger partial charge on any atom is 0.180 e. The van der Waals surface area contributed by atoms with Crippen molar-refractivity contribution in [3.05, 3.63) is 56.4 Å². The van der Waals surface area contributed by atoms with Crippen molar-refractivity contribution in [2.24, 2.45) is 4.99 Å². The molecule has 2 heterocycles. The Morgan fingerprint density at radius 3 is 2.81 bits per heavy atom. The van der Waals surface area contributed by atoms with Gasteiger partial charge in [0.05, 0.1) is 22.7 Å². The first-order valence-electron chi connectivity index (χ1n) is 7.82. The second-order valence-corrected chi connectivity index (χ2v) is 7.45. The van der Waals surface area contributed by atoms with E-state index in [9.17, 15) is 0 Å². The van der Waals surface area contributed by atoms with Crippen LogP contribution in [0.3, 0.4) is 0 Å². The Bertz CT molecular complexity index is 985. The Morgan fingerprint density at radius 1 is 1.31 bits per heavy atom. The summed E-state index contributed by atoms with van der Waals surface area (Å²) in [6, 6.07) is 7.31. The Morgan fingerprint density at radius 2 is 2.08 bits per heavy atom. The van der Waals surface area contributed by atoms with Crippen LogP contribution >= 0.6 is 39.1 Å². The molecule has 0 aliphatic rings. The molecule has 0 bridgehead atoms. The number of halogens is 3. The predicted octanol–water partition coefficient (Wildman–Crippen LogP) is 5.51. The topological polar surface area (TPSA) is 42.1 Å². The van der Waals surface area contributed by atoms with Crippen molar-refractivity contribution in [1.29, 1.82) is 0 Å². The van der Waals surface area contributed by atoms with Crippen LogP contribution in [0.4, 0.5) is 5.69 Å². The highest BCUT2D eigenvalue weighted by Gasteiger charge is 2.14. The highest BCUT2D eigenvalue weighted by molar-refractivity contribution is 9.10. The molecule has 8 heteroatoms. The molecule has 26 heavy (non-hydrogen) atoms. The Labute approximate surface area is 170 Å². The van der Waals surface area contributed by atoms with Gasteiger partial charge in [-0.3, -0.25) is 4.40 Å². The summed E-state index contributed by atoms with van der Waals surface area (Å²) in [5, 5.41) is 1.01. The van der Waals surface area contributed by atoms with E-state index in [0.29, 0.717) is 27.0 Å². The van der Waals surface area contributed by atoms with Gasteiger partial charge < -0.3 is 9.64 Å². The smallest absolute Gasteiger partial charge is 0.180 e. The van der Waals surface area contributed by atoms with E-state index < -0.39 is 0 Å². The van der Waals surface area contributed by atoms with Gasteiger partial charge >= 0.3 is 0 Å². The fourth-order valence-electron chi connectivity index (χ4n) is 2.38. The summed E-state index contributed by atoms with van der Waals surface area (Å²) in [5.74, 6) is 0.649. The summed E-state index contributed by atoms with van der Waals surface area (Å²) in [5.41, 5.74) is 2.94. The van der Waals surface area contributed by atoms with Gasteiger partial charge in [0.1, 0.15) is 11.2 Å². The largest absolute Gasteiger partial charge is 0.485 e. The first kappa shape index (κ1) is 19.0. The summed E-state index contributed by atoms with van der Waals surface area (Å²) in [4.78, 5) is 10.7. The Kier molecular flexibility index (Phi) is 5.75. The van der Waals surface area contributed by atoms with E-state index in [1.165, 1.54) is 0 Å². The van der Waals surface area contributed by atoms with Crippen molar-refractivity contribution in [3.8, 4) is 5.75 Å². The number of imidazole rings is 1. The molecule has 0 spiro atoms. The van der Waals surface area contributed by atoms with Crippen molar-refractivity contribution in [2.45, 2.75) is 13.5 Å². The van der Waals surface area contributed by atoms with E-state index in [4.69, 9.17) is 27.9 Å². The molecule has 1 aromatic carbocycles. The zero-order valence-corrected chi connectivity index (χ0v) is 17.6. The number of nitrogens with zero attached hydrogens (tertiary/aromatic N) is 4. The summed E-state index contributed by atoms with van der Waals surface area (Å²) >= 11 is 16.3. The predicted molar refractivity (Wildman–Crippen MR) is 110 cm³/mol. The number of ether oxygens (including phenoxy) is 1. The van der Waals surface area contributed by atoms with Crippen LogP contribution in [0, 0.1) is 6.92 Å². The lowest BCUT2D eigenvalue weighted by Crippen LogP contribution is -2.07. The first-order chi connectivity index (χ1) is 12.4. The number of fused-ring (bicyclic) bond motifs is 1. The molecule has 0 aliphatic carbocycles. The Balaban J connectivity index is 1.91. The van der Waals surface area contributed by atoms with Crippen LogP contribution in [-0.2, 0) is 6.61 Å².